The van der Waals surface area contributed by atoms with Gasteiger partial charge in [0.15, 0.2) is 0 Å². The fourth-order valence-corrected chi connectivity index (χ4v) is 2.32. The Kier molecular flexibility index (Phi) is 5.38. The van der Waals surface area contributed by atoms with Gasteiger partial charge in [-0.15, -0.1) is 6.58 Å². The molecule has 1 saturated heterocycles. The summed E-state index contributed by atoms with van der Waals surface area (Å²) >= 11 is 3.33. The van der Waals surface area contributed by atoms with Gasteiger partial charge >= 0.3 is 6.09 Å². The third-order valence-electron chi connectivity index (χ3n) is 3.12. The van der Waals surface area contributed by atoms with Crippen LogP contribution in [0.5, 0.6) is 0 Å². The lowest BCUT2D eigenvalue weighted by molar-refractivity contribution is 0.0137. The molecule has 2 rings (SSSR count). The third kappa shape index (κ3) is 3.85. The van der Waals surface area contributed by atoms with Crippen molar-refractivity contribution in [3.8, 4) is 0 Å². The molecule has 0 unspecified atom stereocenters. The number of carbonyl (C=O) groups excluding carboxylic acids is 2. The van der Waals surface area contributed by atoms with Gasteiger partial charge in [-0.1, -0.05) is 22.0 Å². The van der Waals surface area contributed by atoms with Crippen molar-refractivity contribution in [2.75, 3.05) is 19.7 Å². The predicted molar refractivity (Wildman–Crippen MR) is 82.7 cm³/mol. The number of hydrogen-bond acceptors (Lipinski definition) is 3. The molecule has 0 aliphatic carbocycles. The first kappa shape index (κ1) is 15.6. The molecule has 2 amide bonds. The van der Waals surface area contributed by atoms with Crippen LogP contribution in [-0.4, -0.2) is 41.7 Å². The zero-order chi connectivity index (χ0) is 15.2. The Morgan fingerprint density at radius 2 is 1.90 bits per heavy atom. The molecule has 0 spiro atoms. The van der Waals surface area contributed by atoms with Crippen molar-refractivity contribution >= 4 is 27.9 Å². The van der Waals surface area contributed by atoms with E-state index in [0.29, 0.717) is 25.1 Å². The molecular weight excluding hydrogens is 336 g/mol. The fraction of sp³-hybridized carbons (Fsp3) is 0.333. The maximum Gasteiger partial charge on any atom is 0.428 e. The zero-order valence-electron chi connectivity index (χ0n) is 11.6. The molecule has 0 aromatic heterocycles. The summed E-state index contributed by atoms with van der Waals surface area (Å²) in [4.78, 5) is 24.4. The first-order chi connectivity index (χ1) is 10.1. The largest absolute Gasteiger partial charge is 0.448 e. The Labute approximate surface area is 132 Å². The molecule has 112 valence electrons. The fourth-order valence-electron chi connectivity index (χ4n) is 2.06. The summed E-state index contributed by atoms with van der Waals surface area (Å²) in [6.45, 7) is 4.86. The van der Waals surface area contributed by atoms with E-state index in [-0.39, 0.29) is 12.5 Å². The average molecular weight is 353 g/mol. The van der Waals surface area contributed by atoms with Gasteiger partial charge in [0.2, 0.25) is 0 Å². The molecule has 5 nitrogen and oxygen atoms in total. The van der Waals surface area contributed by atoms with E-state index in [4.69, 9.17) is 4.74 Å². The van der Waals surface area contributed by atoms with Gasteiger partial charge < -0.3 is 4.74 Å². The van der Waals surface area contributed by atoms with Gasteiger partial charge in [0, 0.05) is 23.1 Å². The van der Waals surface area contributed by atoms with Crippen molar-refractivity contribution in [3.63, 3.8) is 0 Å². The number of ether oxygens (including phenoxy) is 1. The van der Waals surface area contributed by atoms with Crippen LogP contribution in [0.25, 0.3) is 0 Å². The van der Waals surface area contributed by atoms with E-state index in [0.717, 1.165) is 10.9 Å². The highest BCUT2D eigenvalue weighted by Gasteiger charge is 2.32. The van der Waals surface area contributed by atoms with Gasteiger partial charge in [0.1, 0.15) is 0 Å². The van der Waals surface area contributed by atoms with E-state index in [1.807, 2.05) is 0 Å². The molecule has 1 aliphatic heterocycles. The van der Waals surface area contributed by atoms with E-state index in [1.165, 1.54) is 10.0 Å². The molecule has 21 heavy (non-hydrogen) atoms. The number of nitrogens with zero attached hydrogens (tertiary/aromatic N) is 2. The monoisotopic (exact) mass is 352 g/mol. The second-order valence-corrected chi connectivity index (χ2v) is 5.52. The number of hydrogen-bond donors (Lipinski definition) is 0. The highest BCUT2D eigenvalue weighted by molar-refractivity contribution is 9.10. The summed E-state index contributed by atoms with van der Waals surface area (Å²) in [6, 6.07) is 7.06. The molecule has 0 N–H and O–H groups in total. The third-order valence-corrected chi connectivity index (χ3v) is 3.64. The summed E-state index contributed by atoms with van der Waals surface area (Å²) in [5.74, 6) is -0.194. The Balaban J connectivity index is 2.03. The van der Waals surface area contributed by atoms with Gasteiger partial charge in [0.05, 0.1) is 6.61 Å². The van der Waals surface area contributed by atoms with Crippen molar-refractivity contribution in [2.45, 2.75) is 12.8 Å². The Morgan fingerprint density at radius 1 is 1.24 bits per heavy atom. The SMILES string of the molecule is C=CCCOC(=O)N1CCCN1C(=O)c1ccc(Br)cc1. The van der Waals surface area contributed by atoms with E-state index >= 15 is 0 Å². The van der Waals surface area contributed by atoms with Crippen LogP contribution >= 0.6 is 15.9 Å². The smallest absolute Gasteiger partial charge is 0.428 e. The van der Waals surface area contributed by atoms with Crippen LogP contribution in [0.4, 0.5) is 4.79 Å². The molecule has 1 heterocycles. The van der Waals surface area contributed by atoms with Crippen molar-refractivity contribution in [2.24, 2.45) is 0 Å². The predicted octanol–water partition coefficient (Wildman–Crippen LogP) is 3.22. The maximum absolute atomic E-state index is 12.4. The topological polar surface area (TPSA) is 49.9 Å². The molecule has 1 aliphatic rings. The van der Waals surface area contributed by atoms with Crippen LogP contribution in [0.2, 0.25) is 0 Å². The number of amides is 2. The quantitative estimate of drug-likeness (QED) is 0.617. The minimum absolute atomic E-state index is 0.194. The molecule has 6 heteroatoms. The highest BCUT2D eigenvalue weighted by atomic mass is 79.9. The lowest BCUT2D eigenvalue weighted by Crippen LogP contribution is -2.45. The molecule has 1 aromatic rings. The number of halogens is 1. The average Bonchev–Trinajstić information content (AvgIpc) is 2.97. The van der Waals surface area contributed by atoms with Crippen LogP contribution < -0.4 is 0 Å². The lowest BCUT2D eigenvalue weighted by atomic mass is 10.2. The highest BCUT2D eigenvalue weighted by Crippen LogP contribution is 2.18. The number of hydrazine groups is 1. The molecule has 1 fully saturated rings. The standard InChI is InChI=1S/C15H17BrN2O3/c1-2-3-11-21-15(20)18-10-4-9-17(18)14(19)12-5-7-13(16)8-6-12/h2,5-8H,1,3-4,9-11H2. The van der Waals surface area contributed by atoms with Crippen molar-refractivity contribution in [1.82, 2.24) is 10.0 Å². The summed E-state index contributed by atoms with van der Waals surface area (Å²) in [5, 5.41) is 2.81. The molecule has 1 aromatic carbocycles. The normalized spacial score (nSPS) is 14.1. The van der Waals surface area contributed by atoms with Crippen molar-refractivity contribution < 1.29 is 14.3 Å². The summed E-state index contributed by atoms with van der Waals surface area (Å²) in [5.41, 5.74) is 0.545. The van der Waals surface area contributed by atoms with E-state index < -0.39 is 6.09 Å². The van der Waals surface area contributed by atoms with Gasteiger partial charge in [-0.2, -0.15) is 0 Å². The van der Waals surface area contributed by atoms with Gasteiger partial charge in [-0.3, -0.25) is 4.79 Å². The Hall–Kier alpha value is -1.82. The minimum atomic E-state index is -0.486. The van der Waals surface area contributed by atoms with Crippen molar-refractivity contribution in [3.05, 3.63) is 47.0 Å². The number of benzene rings is 1. The lowest BCUT2D eigenvalue weighted by Gasteiger charge is -2.27. The molecule has 0 radical (unpaired) electrons. The minimum Gasteiger partial charge on any atom is -0.448 e. The van der Waals surface area contributed by atoms with Crippen LogP contribution in [0.15, 0.2) is 41.4 Å². The summed E-state index contributed by atoms with van der Waals surface area (Å²) in [7, 11) is 0. The molecule has 0 saturated carbocycles. The van der Waals surface area contributed by atoms with Gasteiger partial charge in [0.25, 0.3) is 5.91 Å². The summed E-state index contributed by atoms with van der Waals surface area (Å²) < 4.78 is 6.02. The van der Waals surface area contributed by atoms with Crippen molar-refractivity contribution in [1.29, 1.82) is 0 Å². The van der Waals surface area contributed by atoms with E-state index in [2.05, 4.69) is 22.5 Å². The summed E-state index contributed by atoms with van der Waals surface area (Å²) in [6.07, 6.45) is 2.54. The Bertz CT molecular complexity index is 530. The van der Waals surface area contributed by atoms with E-state index in [9.17, 15) is 9.59 Å². The zero-order valence-corrected chi connectivity index (χ0v) is 13.2. The second-order valence-electron chi connectivity index (χ2n) is 4.60. The van der Waals surface area contributed by atoms with Crippen LogP contribution in [-0.2, 0) is 4.74 Å². The van der Waals surface area contributed by atoms with Crippen LogP contribution in [0.1, 0.15) is 23.2 Å². The maximum atomic E-state index is 12.4. The molecule has 0 atom stereocenters. The second kappa shape index (κ2) is 7.26. The molecular formula is C15H17BrN2O3. The molecule has 0 bridgehead atoms. The first-order valence-corrected chi connectivity index (χ1v) is 7.55. The first-order valence-electron chi connectivity index (χ1n) is 6.76. The Morgan fingerprint density at radius 3 is 2.57 bits per heavy atom. The van der Waals surface area contributed by atoms with E-state index in [1.54, 1.807) is 30.3 Å². The van der Waals surface area contributed by atoms with Crippen LogP contribution in [0, 0.1) is 0 Å². The number of rotatable bonds is 4. The van der Waals surface area contributed by atoms with Gasteiger partial charge in [-0.05, 0) is 37.1 Å². The van der Waals surface area contributed by atoms with Gasteiger partial charge in [-0.25, -0.2) is 14.8 Å². The van der Waals surface area contributed by atoms with Crippen LogP contribution in [0.3, 0.4) is 0 Å². The number of carbonyl (C=O) groups is 2.